The van der Waals surface area contributed by atoms with Crippen LogP contribution in [-0.2, 0) is 4.74 Å². The molecule has 0 radical (unpaired) electrons. The highest BCUT2D eigenvalue weighted by atomic mass is 16.5. The van der Waals surface area contributed by atoms with E-state index in [1.807, 2.05) is 0 Å². The maximum absolute atomic E-state index is 5.72. The van der Waals surface area contributed by atoms with Gasteiger partial charge in [0.05, 0.1) is 6.10 Å². The zero-order chi connectivity index (χ0) is 12.8. The molecule has 3 nitrogen and oxygen atoms in total. The van der Waals surface area contributed by atoms with Crippen LogP contribution in [0.5, 0.6) is 0 Å². The first kappa shape index (κ1) is 14.3. The van der Waals surface area contributed by atoms with E-state index in [1.54, 1.807) is 0 Å². The third-order valence-corrected chi connectivity index (χ3v) is 4.56. The number of rotatable bonds is 6. The summed E-state index contributed by atoms with van der Waals surface area (Å²) in [6.45, 7) is 10.1. The lowest BCUT2D eigenvalue weighted by Crippen LogP contribution is -2.43. The van der Waals surface area contributed by atoms with Gasteiger partial charge < -0.3 is 15.0 Å². The van der Waals surface area contributed by atoms with Gasteiger partial charge in [-0.05, 0) is 45.1 Å². The third-order valence-electron chi connectivity index (χ3n) is 4.56. The maximum atomic E-state index is 5.72. The number of hydrogen-bond acceptors (Lipinski definition) is 3. The van der Waals surface area contributed by atoms with Crippen molar-refractivity contribution in [3.05, 3.63) is 0 Å². The molecule has 0 amide bonds. The molecule has 1 saturated heterocycles. The fourth-order valence-corrected chi connectivity index (χ4v) is 3.61. The van der Waals surface area contributed by atoms with Crippen LogP contribution >= 0.6 is 0 Å². The number of piperidine rings is 1. The Morgan fingerprint density at radius 3 is 2.56 bits per heavy atom. The average Bonchev–Trinajstić information content (AvgIpc) is 2.80. The Bertz CT molecular complexity index is 227. The highest BCUT2D eigenvalue weighted by Crippen LogP contribution is 2.27. The Kier molecular flexibility index (Phi) is 5.93. The summed E-state index contributed by atoms with van der Waals surface area (Å²) in [7, 11) is 0. The Morgan fingerprint density at radius 1 is 1.11 bits per heavy atom. The van der Waals surface area contributed by atoms with Crippen LogP contribution in [0.3, 0.4) is 0 Å². The second-order valence-corrected chi connectivity index (χ2v) is 5.81. The molecule has 1 aliphatic heterocycles. The van der Waals surface area contributed by atoms with Gasteiger partial charge in [-0.2, -0.15) is 0 Å². The summed E-state index contributed by atoms with van der Waals surface area (Å²) < 4.78 is 5.72. The molecule has 2 aliphatic rings. The van der Waals surface area contributed by atoms with E-state index in [9.17, 15) is 0 Å². The van der Waals surface area contributed by atoms with E-state index in [0.717, 1.165) is 25.1 Å². The van der Waals surface area contributed by atoms with Gasteiger partial charge in [0, 0.05) is 32.3 Å². The summed E-state index contributed by atoms with van der Waals surface area (Å²) >= 11 is 0. The molecule has 2 atom stereocenters. The van der Waals surface area contributed by atoms with Crippen LogP contribution in [0.2, 0.25) is 0 Å². The van der Waals surface area contributed by atoms with Gasteiger partial charge in [-0.3, -0.25) is 0 Å². The standard InChI is InChI=1S/C15H30N2O/c1-3-16-15-7-5-6-13(15)12-17-10-8-14(9-11-17)18-4-2/h13-16H,3-12H2,1-2H3. The van der Waals surface area contributed by atoms with Gasteiger partial charge in [0.1, 0.15) is 0 Å². The number of ether oxygens (including phenoxy) is 1. The highest BCUT2D eigenvalue weighted by Gasteiger charge is 2.29. The molecule has 1 aliphatic carbocycles. The van der Waals surface area contributed by atoms with Crippen LogP contribution < -0.4 is 5.32 Å². The van der Waals surface area contributed by atoms with Crippen molar-refractivity contribution >= 4 is 0 Å². The summed E-state index contributed by atoms with van der Waals surface area (Å²) in [4.78, 5) is 2.66. The summed E-state index contributed by atoms with van der Waals surface area (Å²) in [5.74, 6) is 0.883. The van der Waals surface area contributed by atoms with Crippen molar-refractivity contribution in [2.45, 2.75) is 58.1 Å². The average molecular weight is 254 g/mol. The first-order chi connectivity index (χ1) is 8.83. The van der Waals surface area contributed by atoms with E-state index in [0.29, 0.717) is 6.10 Å². The molecule has 106 valence electrons. The SMILES string of the molecule is CCNC1CCCC1CN1CCC(OCC)CC1. The molecule has 2 fully saturated rings. The summed E-state index contributed by atoms with van der Waals surface area (Å²) in [5, 5.41) is 3.66. The normalized spacial score (nSPS) is 31.0. The van der Waals surface area contributed by atoms with Crippen molar-refractivity contribution in [1.82, 2.24) is 10.2 Å². The predicted molar refractivity (Wildman–Crippen MR) is 75.9 cm³/mol. The largest absolute Gasteiger partial charge is 0.378 e. The molecule has 0 aromatic carbocycles. The molecular weight excluding hydrogens is 224 g/mol. The molecule has 3 heteroatoms. The van der Waals surface area contributed by atoms with Gasteiger partial charge in [-0.15, -0.1) is 0 Å². The molecule has 1 saturated carbocycles. The molecule has 1 heterocycles. The first-order valence-corrected chi connectivity index (χ1v) is 7.90. The summed E-state index contributed by atoms with van der Waals surface area (Å²) in [5.41, 5.74) is 0. The second kappa shape index (κ2) is 7.46. The Balaban J connectivity index is 1.70. The quantitative estimate of drug-likeness (QED) is 0.787. The summed E-state index contributed by atoms with van der Waals surface area (Å²) in [6.07, 6.45) is 7.20. The lowest BCUT2D eigenvalue weighted by atomic mass is 10.0. The molecule has 0 bridgehead atoms. The van der Waals surface area contributed by atoms with Gasteiger partial charge in [0.2, 0.25) is 0 Å². The van der Waals surface area contributed by atoms with E-state index < -0.39 is 0 Å². The number of nitrogens with one attached hydrogen (secondary N) is 1. The minimum absolute atomic E-state index is 0.527. The Morgan fingerprint density at radius 2 is 1.89 bits per heavy atom. The first-order valence-electron chi connectivity index (χ1n) is 7.90. The highest BCUT2D eigenvalue weighted by molar-refractivity contribution is 4.86. The van der Waals surface area contributed by atoms with E-state index in [-0.39, 0.29) is 0 Å². The molecule has 0 aromatic rings. The van der Waals surface area contributed by atoms with Crippen molar-refractivity contribution in [1.29, 1.82) is 0 Å². The van der Waals surface area contributed by atoms with Gasteiger partial charge in [-0.25, -0.2) is 0 Å². The van der Waals surface area contributed by atoms with Gasteiger partial charge in [-0.1, -0.05) is 13.3 Å². The fourth-order valence-electron chi connectivity index (χ4n) is 3.61. The lowest BCUT2D eigenvalue weighted by molar-refractivity contribution is 0.0105. The fraction of sp³-hybridized carbons (Fsp3) is 1.00. The van der Waals surface area contributed by atoms with Gasteiger partial charge in [0.25, 0.3) is 0 Å². The van der Waals surface area contributed by atoms with Crippen molar-refractivity contribution < 1.29 is 4.74 Å². The van der Waals surface area contributed by atoms with Crippen molar-refractivity contribution in [3.63, 3.8) is 0 Å². The van der Waals surface area contributed by atoms with Crippen LogP contribution in [-0.4, -0.2) is 49.8 Å². The lowest BCUT2D eigenvalue weighted by Gasteiger charge is -2.34. The van der Waals surface area contributed by atoms with E-state index in [4.69, 9.17) is 4.74 Å². The molecule has 2 rings (SSSR count). The zero-order valence-electron chi connectivity index (χ0n) is 12.2. The molecule has 2 unspecified atom stereocenters. The minimum atomic E-state index is 0.527. The predicted octanol–water partition coefficient (Wildman–Crippen LogP) is 2.27. The van der Waals surface area contributed by atoms with E-state index in [1.165, 1.54) is 51.7 Å². The van der Waals surface area contributed by atoms with Gasteiger partial charge in [0.15, 0.2) is 0 Å². The van der Waals surface area contributed by atoms with Crippen molar-refractivity contribution in [2.75, 3.05) is 32.8 Å². The van der Waals surface area contributed by atoms with Crippen molar-refractivity contribution in [3.8, 4) is 0 Å². The molecule has 1 N–H and O–H groups in total. The maximum Gasteiger partial charge on any atom is 0.0599 e. The van der Waals surface area contributed by atoms with Crippen molar-refractivity contribution in [2.24, 2.45) is 5.92 Å². The van der Waals surface area contributed by atoms with Crippen LogP contribution in [0.25, 0.3) is 0 Å². The van der Waals surface area contributed by atoms with E-state index in [2.05, 4.69) is 24.1 Å². The Labute approximate surface area is 112 Å². The van der Waals surface area contributed by atoms with Crippen LogP contribution in [0.1, 0.15) is 46.0 Å². The molecule has 0 aromatic heterocycles. The monoisotopic (exact) mass is 254 g/mol. The van der Waals surface area contributed by atoms with Crippen LogP contribution in [0, 0.1) is 5.92 Å². The second-order valence-electron chi connectivity index (χ2n) is 5.81. The summed E-state index contributed by atoms with van der Waals surface area (Å²) in [6, 6.07) is 0.777. The third kappa shape index (κ3) is 3.94. The number of hydrogen-bond donors (Lipinski definition) is 1. The Hall–Kier alpha value is -0.120. The topological polar surface area (TPSA) is 24.5 Å². The minimum Gasteiger partial charge on any atom is -0.378 e. The molecule has 18 heavy (non-hydrogen) atoms. The number of nitrogens with zero attached hydrogens (tertiary/aromatic N) is 1. The number of likely N-dealkylation sites (tertiary alicyclic amines) is 1. The van der Waals surface area contributed by atoms with Crippen LogP contribution in [0.4, 0.5) is 0 Å². The molecular formula is C15H30N2O. The van der Waals surface area contributed by atoms with Gasteiger partial charge >= 0.3 is 0 Å². The van der Waals surface area contributed by atoms with Crippen LogP contribution in [0.15, 0.2) is 0 Å². The zero-order valence-corrected chi connectivity index (χ0v) is 12.2. The smallest absolute Gasteiger partial charge is 0.0599 e. The van der Waals surface area contributed by atoms with E-state index >= 15 is 0 Å². The molecule has 0 spiro atoms.